The summed E-state index contributed by atoms with van der Waals surface area (Å²) in [4.78, 5) is 24.2. The summed E-state index contributed by atoms with van der Waals surface area (Å²) in [6.07, 6.45) is 3.36. The first-order valence-corrected chi connectivity index (χ1v) is 9.22. The van der Waals surface area contributed by atoms with E-state index in [1.807, 2.05) is 37.3 Å². The number of para-hydroxylation sites is 1. The summed E-state index contributed by atoms with van der Waals surface area (Å²) in [5.41, 5.74) is 2.82. The highest BCUT2D eigenvalue weighted by Crippen LogP contribution is 2.30. The molecule has 0 saturated carbocycles. The van der Waals surface area contributed by atoms with Crippen molar-refractivity contribution in [2.75, 3.05) is 19.0 Å². The highest BCUT2D eigenvalue weighted by Gasteiger charge is 2.13. The van der Waals surface area contributed by atoms with Crippen LogP contribution in [0.3, 0.4) is 0 Å². The van der Waals surface area contributed by atoms with Crippen molar-refractivity contribution in [1.29, 1.82) is 0 Å². The van der Waals surface area contributed by atoms with E-state index < -0.39 is 18.5 Å². The van der Waals surface area contributed by atoms with Crippen LogP contribution < -0.4 is 10.1 Å². The average molecular weight is 414 g/mol. The van der Waals surface area contributed by atoms with Crippen LogP contribution in [-0.4, -0.2) is 35.4 Å². The van der Waals surface area contributed by atoms with Gasteiger partial charge in [0, 0.05) is 22.8 Å². The van der Waals surface area contributed by atoms with E-state index in [2.05, 4.69) is 10.4 Å². The lowest BCUT2D eigenvalue weighted by Crippen LogP contribution is -2.22. The van der Waals surface area contributed by atoms with Crippen LogP contribution in [0, 0.1) is 6.92 Å². The molecule has 0 radical (unpaired) electrons. The Morgan fingerprint density at radius 3 is 2.69 bits per heavy atom. The molecule has 0 unspecified atom stereocenters. The molecule has 1 aromatic heterocycles. The smallest absolute Gasteiger partial charge is 0.310 e. The van der Waals surface area contributed by atoms with E-state index in [1.54, 1.807) is 29.2 Å². The molecule has 0 atom stereocenters. The van der Waals surface area contributed by atoms with Gasteiger partial charge in [-0.3, -0.25) is 9.59 Å². The summed E-state index contributed by atoms with van der Waals surface area (Å²) < 4.78 is 11.9. The molecule has 1 heterocycles. The summed E-state index contributed by atoms with van der Waals surface area (Å²) in [5.74, 6) is -0.570. The summed E-state index contributed by atoms with van der Waals surface area (Å²) in [6, 6.07) is 12.8. The van der Waals surface area contributed by atoms with Gasteiger partial charge >= 0.3 is 5.97 Å². The number of carbonyl (C=O) groups excluding carboxylic acids is 2. The van der Waals surface area contributed by atoms with E-state index >= 15 is 0 Å². The number of benzene rings is 2. The molecule has 0 aliphatic carbocycles. The fourth-order valence-corrected chi connectivity index (χ4v) is 2.81. The van der Waals surface area contributed by atoms with Gasteiger partial charge in [0.05, 0.1) is 31.1 Å². The number of ether oxygens (including phenoxy) is 2. The largest absolute Gasteiger partial charge is 0.495 e. The van der Waals surface area contributed by atoms with Gasteiger partial charge in [-0.05, 0) is 30.7 Å². The van der Waals surface area contributed by atoms with Crippen molar-refractivity contribution in [2.45, 2.75) is 13.3 Å². The lowest BCUT2D eigenvalue weighted by atomic mass is 10.2. The Morgan fingerprint density at radius 1 is 1.21 bits per heavy atom. The third-order valence-corrected chi connectivity index (χ3v) is 4.53. The topological polar surface area (TPSA) is 82.4 Å². The molecule has 3 aromatic rings. The normalized spacial score (nSPS) is 10.4. The molecule has 0 fully saturated rings. The molecule has 1 amide bonds. The van der Waals surface area contributed by atoms with E-state index in [1.165, 1.54) is 7.11 Å². The van der Waals surface area contributed by atoms with Crippen LogP contribution in [0.5, 0.6) is 5.75 Å². The van der Waals surface area contributed by atoms with Crippen LogP contribution in [0.25, 0.3) is 5.69 Å². The maximum absolute atomic E-state index is 12.1. The van der Waals surface area contributed by atoms with Gasteiger partial charge in [0.15, 0.2) is 6.61 Å². The average Bonchev–Trinajstić information content (AvgIpc) is 3.18. The lowest BCUT2D eigenvalue weighted by Gasteiger charge is -2.12. The number of nitrogens with one attached hydrogen (secondary N) is 1. The van der Waals surface area contributed by atoms with Gasteiger partial charge in [-0.2, -0.15) is 5.10 Å². The second-order valence-corrected chi connectivity index (χ2v) is 6.72. The predicted octanol–water partition coefficient (Wildman–Crippen LogP) is 3.57. The molecule has 0 saturated heterocycles. The molecule has 7 nitrogen and oxygen atoms in total. The summed E-state index contributed by atoms with van der Waals surface area (Å²) in [6.45, 7) is 1.41. The number of esters is 1. The predicted molar refractivity (Wildman–Crippen MR) is 110 cm³/mol. The van der Waals surface area contributed by atoms with E-state index in [-0.39, 0.29) is 6.42 Å². The SMILES string of the molecule is COc1cc(Cl)c(C)cc1NC(=O)COC(=O)Cc1cnn(-c2ccccc2)c1. The van der Waals surface area contributed by atoms with Crippen LogP contribution in [0.2, 0.25) is 5.02 Å². The second-order valence-electron chi connectivity index (χ2n) is 6.32. The molecule has 0 bridgehead atoms. The molecular formula is C21H20ClN3O4. The Morgan fingerprint density at radius 2 is 1.97 bits per heavy atom. The van der Waals surface area contributed by atoms with Gasteiger partial charge in [-0.25, -0.2) is 4.68 Å². The lowest BCUT2D eigenvalue weighted by molar-refractivity contribution is -0.146. The van der Waals surface area contributed by atoms with Crippen LogP contribution in [0.15, 0.2) is 54.9 Å². The highest BCUT2D eigenvalue weighted by atomic mass is 35.5. The van der Waals surface area contributed by atoms with Crippen LogP contribution in [0.4, 0.5) is 5.69 Å². The number of rotatable bonds is 7. The van der Waals surface area contributed by atoms with Gasteiger partial charge in [0.2, 0.25) is 0 Å². The van der Waals surface area contributed by atoms with E-state index in [4.69, 9.17) is 21.1 Å². The molecular weight excluding hydrogens is 394 g/mol. The second kappa shape index (κ2) is 9.25. The Bertz CT molecular complexity index is 1020. The molecule has 0 aliphatic rings. The number of nitrogens with zero attached hydrogens (tertiary/aromatic N) is 2. The highest BCUT2D eigenvalue weighted by molar-refractivity contribution is 6.31. The maximum atomic E-state index is 12.1. The third-order valence-electron chi connectivity index (χ3n) is 4.12. The zero-order valence-corrected chi connectivity index (χ0v) is 16.8. The van der Waals surface area contributed by atoms with Crippen molar-refractivity contribution >= 4 is 29.2 Å². The Kier molecular flexibility index (Phi) is 6.51. The number of aryl methyl sites for hydroxylation is 1. The number of aromatic nitrogens is 2. The Balaban J connectivity index is 1.53. The van der Waals surface area contributed by atoms with Gasteiger partial charge < -0.3 is 14.8 Å². The molecule has 150 valence electrons. The minimum absolute atomic E-state index is 0.0173. The monoisotopic (exact) mass is 413 g/mol. The van der Waals surface area contributed by atoms with Gasteiger partial charge in [0.25, 0.3) is 5.91 Å². The first kappa shape index (κ1) is 20.4. The standard InChI is InChI=1S/C21H20ClN3O4/c1-14-8-18(19(28-2)10-17(14)22)24-20(26)13-29-21(27)9-15-11-23-25(12-15)16-6-4-3-5-7-16/h3-8,10-12H,9,13H2,1-2H3,(H,24,26). The summed E-state index contributed by atoms with van der Waals surface area (Å²) in [5, 5.41) is 7.42. The molecule has 0 spiro atoms. The first-order chi connectivity index (χ1) is 14.0. The van der Waals surface area contributed by atoms with Crippen molar-refractivity contribution in [3.8, 4) is 11.4 Å². The van der Waals surface area contributed by atoms with E-state index in [0.717, 1.165) is 11.3 Å². The zero-order valence-electron chi connectivity index (χ0n) is 16.0. The fourth-order valence-electron chi connectivity index (χ4n) is 2.65. The maximum Gasteiger partial charge on any atom is 0.310 e. The minimum atomic E-state index is -0.521. The molecule has 29 heavy (non-hydrogen) atoms. The molecule has 2 aromatic carbocycles. The number of hydrogen-bond donors (Lipinski definition) is 1. The van der Waals surface area contributed by atoms with Gasteiger partial charge in [0.1, 0.15) is 5.75 Å². The zero-order chi connectivity index (χ0) is 20.8. The number of anilines is 1. The molecule has 3 rings (SSSR count). The Labute approximate surface area is 173 Å². The Hall–Kier alpha value is -3.32. The van der Waals surface area contributed by atoms with Crippen LogP contribution >= 0.6 is 11.6 Å². The third kappa shape index (κ3) is 5.36. The number of halogens is 1. The molecule has 8 heteroatoms. The summed E-state index contributed by atoms with van der Waals surface area (Å²) >= 11 is 6.05. The number of amides is 1. The van der Waals surface area contributed by atoms with E-state index in [9.17, 15) is 9.59 Å². The van der Waals surface area contributed by atoms with Gasteiger partial charge in [-0.1, -0.05) is 29.8 Å². The van der Waals surface area contributed by atoms with Crippen molar-refractivity contribution in [3.05, 3.63) is 71.0 Å². The van der Waals surface area contributed by atoms with Crippen molar-refractivity contribution < 1.29 is 19.1 Å². The fraction of sp³-hybridized carbons (Fsp3) is 0.190. The molecule has 1 N–H and O–H groups in total. The van der Waals surface area contributed by atoms with Crippen molar-refractivity contribution in [1.82, 2.24) is 9.78 Å². The van der Waals surface area contributed by atoms with Crippen LogP contribution in [0.1, 0.15) is 11.1 Å². The number of carbonyl (C=O) groups is 2. The van der Waals surface area contributed by atoms with Gasteiger partial charge in [-0.15, -0.1) is 0 Å². The summed E-state index contributed by atoms with van der Waals surface area (Å²) in [7, 11) is 1.48. The van der Waals surface area contributed by atoms with Crippen molar-refractivity contribution in [3.63, 3.8) is 0 Å². The van der Waals surface area contributed by atoms with Crippen molar-refractivity contribution in [2.24, 2.45) is 0 Å². The van der Waals surface area contributed by atoms with E-state index in [0.29, 0.717) is 22.0 Å². The first-order valence-electron chi connectivity index (χ1n) is 8.85. The number of hydrogen-bond acceptors (Lipinski definition) is 5. The molecule has 0 aliphatic heterocycles. The minimum Gasteiger partial charge on any atom is -0.495 e. The van der Waals surface area contributed by atoms with Crippen LogP contribution in [-0.2, 0) is 20.7 Å². The quantitative estimate of drug-likeness (QED) is 0.599. The number of methoxy groups -OCH3 is 1.